The van der Waals surface area contributed by atoms with E-state index in [0.717, 1.165) is 11.3 Å². The zero-order chi connectivity index (χ0) is 16.2. The number of hydrogen-bond donors (Lipinski definition) is 1. The highest BCUT2D eigenvalue weighted by Crippen LogP contribution is 2.17. The Morgan fingerprint density at radius 3 is 2.78 bits per heavy atom. The predicted molar refractivity (Wildman–Crippen MR) is 84.9 cm³/mol. The molecule has 0 saturated heterocycles. The van der Waals surface area contributed by atoms with Crippen LogP contribution in [0.15, 0.2) is 55.4 Å². The van der Waals surface area contributed by atoms with Crippen molar-refractivity contribution in [3.8, 4) is 5.69 Å². The minimum atomic E-state index is -0.408. The summed E-state index contributed by atoms with van der Waals surface area (Å²) in [5, 5.41) is 11.2. The predicted octanol–water partition coefficient (Wildman–Crippen LogP) is 1.90. The van der Waals surface area contributed by atoms with Gasteiger partial charge in [0.05, 0.1) is 11.7 Å². The molecule has 7 nitrogen and oxygen atoms in total. The molecule has 2 heterocycles. The molecule has 0 aliphatic heterocycles. The van der Waals surface area contributed by atoms with E-state index in [-0.39, 0.29) is 11.9 Å². The van der Waals surface area contributed by atoms with Crippen molar-refractivity contribution in [2.75, 3.05) is 0 Å². The quantitative estimate of drug-likeness (QED) is 0.781. The van der Waals surface area contributed by atoms with Gasteiger partial charge in [-0.15, -0.1) is 0 Å². The Morgan fingerprint density at radius 1 is 1.22 bits per heavy atom. The smallest absolute Gasteiger partial charge is 0.245 e. The molecule has 0 fully saturated rings. The molecule has 0 spiro atoms. The molecule has 0 saturated carbocycles. The third kappa shape index (κ3) is 3.28. The van der Waals surface area contributed by atoms with E-state index in [1.807, 2.05) is 43.5 Å². The van der Waals surface area contributed by atoms with Gasteiger partial charge in [0.2, 0.25) is 5.91 Å². The first-order chi connectivity index (χ1) is 11.1. The summed E-state index contributed by atoms with van der Waals surface area (Å²) in [4.78, 5) is 16.2. The monoisotopic (exact) mass is 310 g/mol. The van der Waals surface area contributed by atoms with Crippen LogP contribution in [0.5, 0.6) is 0 Å². The van der Waals surface area contributed by atoms with Crippen LogP contribution in [0.3, 0.4) is 0 Å². The molecule has 0 aliphatic carbocycles. The van der Waals surface area contributed by atoms with Gasteiger partial charge in [0.25, 0.3) is 0 Å². The van der Waals surface area contributed by atoms with Gasteiger partial charge in [0.1, 0.15) is 18.7 Å². The van der Waals surface area contributed by atoms with Crippen LogP contribution in [0.4, 0.5) is 0 Å². The Morgan fingerprint density at radius 2 is 2.09 bits per heavy atom. The lowest BCUT2D eigenvalue weighted by Crippen LogP contribution is -2.33. The van der Waals surface area contributed by atoms with E-state index in [4.69, 9.17) is 0 Å². The number of carbonyl (C=O) groups excluding carboxylic acids is 1. The van der Waals surface area contributed by atoms with Crippen molar-refractivity contribution in [1.29, 1.82) is 0 Å². The summed E-state index contributed by atoms with van der Waals surface area (Å²) in [5.41, 5.74) is 1.97. The Balaban J connectivity index is 1.72. The highest BCUT2D eigenvalue weighted by atomic mass is 16.2. The molecule has 2 aromatic heterocycles. The second kappa shape index (κ2) is 6.43. The molecule has 0 radical (unpaired) electrons. The Hall–Kier alpha value is -2.96. The third-order valence-corrected chi connectivity index (χ3v) is 3.71. The van der Waals surface area contributed by atoms with Crippen molar-refractivity contribution in [3.63, 3.8) is 0 Å². The molecule has 7 heteroatoms. The molecule has 118 valence electrons. The minimum absolute atomic E-state index is 0.104. The first-order valence-electron chi connectivity index (χ1n) is 7.39. The van der Waals surface area contributed by atoms with Gasteiger partial charge in [-0.05, 0) is 37.6 Å². The number of nitrogens with one attached hydrogen (secondary N) is 1. The maximum absolute atomic E-state index is 12.3. The number of rotatable bonds is 5. The summed E-state index contributed by atoms with van der Waals surface area (Å²) >= 11 is 0. The highest BCUT2D eigenvalue weighted by Gasteiger charge is 2.18. The van der Waals surface area contributed by atoms with Crippen molar-refractivity contribution in [2.24, 2.45) is 0 Å². The van der Waals surface area contributed by atoms with Crippen LogP contribution < -0.4 is 5.32 Å². The molecular weight excluding hydrogens is 292 g/mol. The van der Waals surface area contributed by atoms with Crippen LogP contribution in [0.2, 0.25) is 0 Å². The molecule has 1 N–H and O–H groups in total. The van der Waals surface area contributed by atoms with E-state index in [0.29, 0.717) is 0 Å². The van der Waals surface area contributed by atoms with E-state index in [1.165, 1.54) is 17.3 Å². The van der Waals surface area contributed by atoms with Gasteiger partial charge >= 0.3 is 0 Å². The summed E-state index contributed by atoms with van der Waals surface area (Å²) in [7, 11) is 0. The van der Waals surface area contributed by atoms with E-state index >= 15 is 0 Å². The summed E-state index contributed by atoms with van der Waals surface area (Å²) in [6.07, 6.45) is 6.57. The summed E-state index contributed by atoms with van der Waals surface area (Å²) in [6.45, 7) is 3.74. The first kappa shape index (κ1) is 15.0. The van der Waals surface area contributed by atoms with Gasteiger partial charge in [-0.1, -0.05) is 12.1 Å². The lowest BCUT2D eigenvalue weighted by atomic mass is 10.1. The number of amides is 1. The molecule has 0 aliphatic rings. The normalized spacial score (nSPS) is 13.5. The number of carbonyl (C=O) groups is 1. The van der Waals surface area contributed by atoms with E-state index in [9.17, 15) is 4.79 Å². The van der Waals surface area contributed by atoms with Crippen LogP contribution in [0.25, 0.3) is 5.69 Å². The summed E-state index contributed by atoms with van der Waals surface area (Å²) in [6, 6.07) is 9.27. The SMILES string of the molecule is C[C@H](NC(=O)[C@@H](C)n1cncn1)c1cccc(-n2cccn2)c1. The van der Waals surface area contributed by atoms with Gasteiger partial charge in [0.15, 0.2) is 0 Å². The molecule has 0 unspecified atom stereocenters. The molecule has 2 atom stereocenters. The standard InChI is InChI=1S/C16H18N6O/c1-12(20-16(23)13(2)22-11-17-10-19-22)14-5-3-6-15(9-14)21-8-4-7-18-21/h3-13H,1-2H3,(H,20,23)/t12-,13+/m0/s1. The number of benzene rings is 1. The fourth-order valence-electron chi connectivity index (χ4n) is 2.31. The molecule has 1 aromatic carbocycles. The third-order valence-electron chi connectivity index (χ3n) is 3.71. The Bertz CT molecular complexity index is 766. The maximum Gasteiger partial charge on any atom is 0.245 e. The average Bonchev–Trinajstić information content (AvgIpc) is 3.27. The Labute approximate surface area is 134 Å². The van der Waals surface area contributed by atoms with E-state index < -0.39 is 6.04 Å². The van der Waals surface area contributed by atoms with Crippen LogP contribution in [0.1, 0.15) is 31.5 Å². The van der Waals surface area contributed by atoms with Crippen LogP contribution >= 0.6 is 0 Å². The minimum Gasteiger partial charge on any atom is -0.348 e. The van der Waals surface area contributed by atoms with E-state index in [1.54, 1.807) is 17.8 Å². The molecule has 0 bridgehead atoms. The first-order valence-corrected chi connectivity index (χ1v) is 7.39. The van der Waals surface area contributed by atoms with Gasteiger partial charge < -0.3 is 5.32 Å². The van der Waals surface area contributed by atoms with Gasteiger partial charge in [-0.2, -0.15) is 10.2 Å². The molecule has 1 amide bonds. The zero-order valence-electron chi connectivity index (χ0n) is 13.0. The lowest BCUT2D eigenvalue weighted by Gasteiger charge is -2.18. The van der Waals surface area contributed by atoms with Crippen molar-refractivity contribution >= 4 is 5.91 Å². The number of nitrogens with zero attached hydrogens (tertiary/aromatic N) is 5. The number of hydrogen-bond acceptors (Lipinski definition) is 4. The van der Waals surface area contributed by atoms with Gasteiger partial charge in [0, 0.05) is 12.4 Å². The van der Waals surface area contributed by atoms with Crippen LogP contribution in [-0.2, 0) is 4.79 Å². The average molecular weight is 310 g/mol. The fourth-order valence-corrected chi connectivity index (χ4v) is 2.31. The highest BCUT2D eigenvalue weighted by molar-refractivity contribution is 5.80. The second-order valence-corrected chi connectivity index (χ2v) is 5.33. The lowest BCUT2D eigenvalue weighted by molar-refractivity contribution is -0.124. The topological polar surface area (TPSA) is 77.6 Å². The summed E-state index contributed by atoms with van der Waals surface area (Å²) in [5.74, 6) is -0.104. The van der Waals surface area contributed by atoms with E-state index in [2.05, 4.69) is 20.5 Å². The number of aromatic nitrogens is 5. The molecule has 3 aromatic rings. The summed E-state index contributed by atoms with van der Waals surface area (Å²) < 4.78 is 3.32. The van der Waals surface area contributed by atoms with Crippen LogP contribution in [-0.4, -0.2) is 30.5 Å². The van der Waals surface area contributed by atoms with Crippen molar-refractivity contribution in [2.45, 2.75) is 25.9 Å². The largest absolute Gasteiger partial charge is 0.348 e. The van der Waals surface area contributed by atoms with Gasteiger partial charge in [-0.3, -0.25) is 4.79 Å². The molecular formula is C16H18N6O. The van der Waals surface area contributed by atoms with Crippen LogP contribution in [0, 0.1) is 0 Å². The van der Waals surface area contributed by atoms with Crippen molar-refractivity contribution < 1.29 is 4.79 Å². The Kier molecular flexibility index (Phi) is 4.18. The second-order valence-electron chi connectivity index (χ2n) is 5.33. The van der Waals surface area contributed by atoms with Crippen molar-refractivity contribution in [3.05, 3.63) is 60.9 Å². The zero-order valence-corrected chi connectivity index (χ0v) is 13.0. The molecule has 23 heavy (non-hydrogen) atoms. The maximum atomic E-state index is 12.3. The molecule has 3 rings (SSSR count). The fraction of sp³-hybridized carbons (Fsp3) is 0.250. The van der Waals surface area contributed by atoms with Gasteiger partial charge in [-0.25, -0.2) is 14.3 Å². The van der Waals surface area contributed by atoms with Crippen molar-refractivity contribution in [1.82, 2.24) is 29.9 Å².